The third-order valence-corrected chi connectivity index (χ3v) is 8.28. The van der Waals surface area contributed by atoms with Crippen LogP contribution in [0.2, 0.25) is 0 Å². The number of esters is 1. The Balaban J connectivity index is 2.42. The number of ether oxygens (including phenoxy) is 1. The molecule has 4 nitrogen and oxygen atoms in total. The van der Waals surface area contributed by atoms with Crippen molar-refractivity contribution in [3.8, 4) is 5.75 Å². The molecular formula is C15H8Cl6O4. The molecule has 2 aliphatic carbocycles. The zero-order valence-corrected chi connectivity index (χ0v) is 16.8. The number of rotatable bonds is 3. The summed E-state index contributed by atoms with van der Waals surface area (Å²) >= 11 is 38.9. The summed E-state index contributed by atoms with van der Waals surface area (Å²) in [4.78, 5) is 19.1. The fourth-order valence-electron chi connectivity index (χ4n) is 3.26. The Morgan fingerprint density at radius 3 is 2.04 bits per heavy atom. The molecule has 1 N–H and O–H groups in total. The summed E-state index contributed by atoms with van der Waals surface area (Å²) in [5.74, 6) is -1.71. The predicted octanol–water partition coefficient (Wildman–Crippen LogP) is 5.00. The second kappa shape index (κ2) is 5.82. The summed E-state index contributed by atoms with van der Waals surface area (Å²) in [5, 5.41) is 8.97. The van der Waals surface area contributed by atoms with Crippen LogP contribution in [0.3, 0.4) is 0 Å². The number of hydrogen-bond donors (Lipinski definition) is 1. The highest BCUT2D eigenvalue weighted by atomic mass is 35.5. The van der Waals surface area contributed by atoms with Crippen molar-refractivity contribution in [2.24, 2.45) is 0 Å². The van der Waals surface area contributed by atoms with E-state index in [9.17, 15) is 14.7 Å². The number of carbonyl (C=O) groups excluding carboxylic acids is 1. The van der Waals surface area contributed by atoms with Gasteiger partial charge in [0.25, 0.3) is 0 Å². The van der Waals surface area contributed by atoms with Gasteiger partial charge in [-0.05, 0) is 17.2 Å². The minimum Gasteiger partial charge on any atom is -0.481 e. The van der Waals surface area contributed by atoms with Crippen molar-refractivity contribution in [1.29, 1.82) is 0 Å². The number of alkyl halides is 4. The monoisotopic (exact) mass is 462 g/mol. The number of hydrogen-bond acceptors (Lipinski definition) is 3. The maximum Gasteiger partial charge on any atom is 0.308 e. The molecule has 0 radical (unpaired) electrons. The standard InChI is InChI=1S/C15H8Cl6O4/c1-5(22)25-7-3-2-6(4-8(23)24)9-10(7)14(19)12(17)11(16)13(9,18)15(14,20)21/h2-3H,4H2,1H3,(H,23,24)/t13-,14-/m1/s1. The number of allylic oxidation sites excluding steroid dienone is 2. The molecule has 134 valence electrons. The first-order chi connectivity index (χ1) is 11.4. The first-order valence-electron chi connectivity index (χ1n) is 6.79. The van der Waals surface area contributed by atoms with Crippen molar-refractivity contribution in [2.75, 3.05) is 0 Å². The van der Waals surface area contributed by atoms with Crippen molar-refractivity contribution in [3.05, 3.63) is 38.9 Å². The van der Waals surface area contributed by atoms with Crippen molar-refractivity contribution < 1.29 is 19.4 Å². The zero-order valence-electron chi connectivity index (χ0n) is 12.3. The van der Waals surface area contributed by atoms with Gasteiger partial charge in [-0.1, -0.05) is 52.5 Å². The first-order valence-corrected chi connectivity index (χ1v) is 9.06. The SMILES string of the molecule is CC(=O)Oc1ccc(CC(=O)O)c2c1[C@@]1(Cl)C(Cl)=C(Cl)[C@@]2(Cl)C1(Cl)Cl. The summed E-state index contributed by atoms with van der Waals surface area (Å²) in [5.41, 5.74) is 0.603. The van der Waals surface area contributed by atoms with E-state index in [1.807, 2.05) is 0 Å². The minimum absolute atomic E-state index is 0.0298. The fourth-order valence-corrected chi connectivity index (χ4v) is 5.99. The lowest BCUT2D eigenvalue weighted by molar-refractivity contribution is -0.136. The van der Waals surface area contributed by atoms with Crippen LogP contribution in [-0.2, 0) is 25.8 Å². The molecule has 0 aliphatic heterocycles. The Hall–Kier alpha value is -0.360. The van der Waals surface area contributed by atoms with Crippen molar-refractivity contribution in [1.82, 2.24) is 0 Å². The van der Waals surface area contributed by atoms with Gasteiger partial charge in [0, 0.05) is 12.5 Å². The van der Waals surface area contributed by atoms with E-state index in [0.29, 0.717) is 0 Å². The van der Waals surface area contributed by atoms with Crippen molar-refractivity contribution in [2.45, 2.75) is 27.4 Å². The van der Waals surface area contributed by atoms with Crippen LogP contribution in [-0.4, -0.2) is 21.4 Å². The second-order valence-electron chi connectivity index (χ2n) is 5.66. The molecule has 0 heterocycles. The van der Waals surface area contributed by atoms with Crippen LogP contribution in [0, 0.1) is 0 Å². The molecular weight excluding hydrogens is 457 g/mol. The lowest BCUT2D eigenvalue weighted by atomic mass is 9.89. The highest BCUT2D eigenvalue weighted by Crippen LogP contribution is 2.79. The van der Waals surface area contributed by atoms with Crippen LogP contribution in [0.4, 0.5) is 0 Å². The van der Waals surface area contributed by atoms with Gasteiger partial charge in [-0.2, -0.15) is 0 Å². The number of carbonyl (C=O) groups is 2. The molecule has 25 heavy (non-hydrogen) atoms. The quantitative estimate of drug-likeness (QED) is 0.388. The number of aliphatic carboxylic acids is 1. The third kappa shape index (κ3) is 2.22. The molecule has 0 saturated heterocycles. The van der Waals surface area contributed by atoms with E-state index in [4.69, 9.17) is 74.3 Å². The van der Waals surface area contributed by atoms with E-state index in [1.54, 1.807) is 0 Å². The third-order valence-electron chi connectivity index (χ3n) is 4.20. The van der Waals surface area contributed by atoms with Crippen molar-refractivity contribution in [3.63, 3.8) is 0 Å². The van der Waals surface area contributed by atoms with E-state index >= 15 is 0 Å². The maximum absolute atomic E-state index is 11.4. The number of carboxylic acid groups (broad SMARTS) is 1. The molecule has 0 fully saturated rings. The maximum atomic E-state index is 11.4. The van der Waals surface area contributed by atoms with Crippen LogP contribution in [0.5, 0.6) is 5.75 Å². The summed E-state index contributed by atoms with van der Waals surface area (Å²) in [6, 6.07) is 2.84. The van der Waals surface area contributed by atoms with Gasteiger partial charge in [-0.25, -0.2) is 0 Å². The fraction of sp³-hybridized carbons (Fsp3) is 0.333. The molecule has 1 aromatic carbocycles. The summed E-state index contributed by atoms with van der Waals surface area (Å²) < 4.78 is 3.24. The average Bonchev–Trinajstić information content (AvgIpc) is 2.70. The van der Waals surface area contributed by atoms with Gasteiger partial charge in [-0.15, -0.1) is 23.2 Å². The van der Waals surface area contributed by atoms with Gasteiger partial charge in [0.15, 0.2) is 4.33 Å². The Bertz CT molecular complexity index is 797. The first kappa shape index (κ1) is 19.4. The van der Waals surface area contributed by atoms with Crippen LogP contribution >= 0.6 is 69.6 Å². The lowest BCUT2D eigenvalue weighted by Gasteiger charge is -2.31. The van der Waals surface area contributed by atoms with Crippen LogP contribution < -0.4 is 4.74 Å². The van der Waals surface area contributed by atoms with E-state index in [0.717, 1.165) is 0 Å². The number of halogens is 6. The number of fused-ring (bicyclic) bond motifs is 5. The summed E-state index contributed by atoms with van der Waals surface area (Å²) in [6.45, 7) is 1.20. The molecule has 0 unspecified atom stereocenters. The molecule has 0 aromatic heterocycles. The average molecular weight is 465 g/mol. The number of carboxylic acids is 1. The van der Waals surface area contributed by atoms with E-state index in [-0.39, 0.29) is 32.5 Å². The molecule has 0 spiro atoms. The molecule has 3 rings (SSSR count). The Labute approximate surface area is 172 Å². The topological polar surface area (TPSA) is 63.6 Å². The van der Waals surface area contributed by atoms with E-state index < -0.39 is 32.4 Å². The Kier molecular flexibility index (Phi) is 4.51. The zero-order chi connectivity index (χ0) is 18.9. The van der Waals surface area contributed by atoms with Crippen LogP contribution in [0.15, 0.2) is 22.2 Å². The molecule has 2 aliphatic rings. The molecule has 1 aromatic rings. The highest BCUT2D eigenvalue weighted by Gasteiger charge is 2.78. The van der Waals surface area contributed by atoms with Crippen molar-refractivity contribution >= 4 is 81.5 Å². The predicted molar refractivity (Wildman–Crippen MR) is 97.3 cm³/mol. The normalized spacial score (nSPS) is 28.9. The Morgan fingerprint density at radius 2 is 1.56 bits per heavy atom. The van der Waals surface area contributed by atoms with E-state index in [2.05, 4.69) is 0 Å². The largest absolute Gasteiger partial charge is 0.481 e. The van der Waals surface area contributed by atoms with Gasteiger partial charge in [-0.3, -0.25) is 9.59 Å². The smallest absolute Gasteiger partial charge is 0.308 e. The molecule has 2 atom stereocenters. The van der Waals surface area contributed by atoms with Gasteiger partial charge in [0.2, 0.25) is 0 Å². The molecule has 10 heteroatoms. The lowest BCUT2D eigenvalue weighted by Crippen LogP contribution is -2.39. The van der Waals surface area contributed by atoms with Gasteiger partial charge >= 0.3 is 11.9 Å². The molecule has 0 saturated carbocycles. The molecule has 2 bridgehead atoms. The number of benzene rings is 1. The van der Waals surface area contributed by atoms with Gasteiger partial charge < -0.3 is 9.84 Å². The highest BCUT2D eigenvalue weighted by molar-refractivity contribution is 6.65. The van der Waals surface area contributed by atoms with Gasteiger partial charge in [0.05, 0.1) is 16.5 Å². The van der Waals surface area contributed by atoms with Crippen LogP contribution in [0.1, 0.15) is 23.6 Å². The van der Waals surface area contributed by atoms with Gasteiger partial charge in [0.1, 0.15) is 15.5 Å². The Morgan fingerprint density at radius 1 is 1.04 bits per heavy atom. The van der Waals surface area contributed by atoms with Crippen LogP contribution in [0.25, 0.3) is 0 Å². The summed E-state index contributed by atoms with van der Waals surface area (Å²) in [7, 11) is 0. The van der Waals surface area contributed by atoms with E-state index in [1.165, 1.54) is 19.1 Å². The second-order valence-corrected chi connectivity index (χ2v) is 8.87. The molecule has 0 amide bonds. The summed E-state index contributed by atoms with van der Waals surface area (Å²) in [6.07, 6.45) is -0.393. The minimum atomic E-state index is -1.94.